The summed E-state index contributed by atoms with van der Waals surface area (Å²) < 4.78 is 5.52. The number of carbonyl (C=O) groups is 2. The molecule has 0 radical (unpaired) electrons. The summed E-state index contributed by atoms with van der Waals surface area (Å²) in [5, 5.41) is 3.72. The van der Waals surface area contributed by atoms with Crippen molar-refractivity contribution in [3.05, 3.63) is 46.7 Å². The van der Waals surface area contributed by atoms with Crippen molar-refractivity contribution in [2.45, 2.75) is 45.3 Å². The van der Waals surface area contributed by atoms with Crippen molar-refractivity contribution in [1.29, 1.82) is 0 Å². The smallest absolute Gasteiger partial charge is 0.414 e. The number of hydrogen-bond donors (Lipinski definition) is 1. The highest BCUT2D eigenvalue weighted by Crippen LogP contribution is 2.31. The van der Waals surface area contributed by atoms with E-state index in [1.54, 1.807) is 11.0 Å². The Bertz CT molecular complexity index is 990. The molecule has 0 aliphatic carbocycles. The third kappa shape index (κ3) is 4.90. The lowest BCUT2D eigenvalue weighted by atomic mass is 10.1. The van der Waals surface area contributed by atoms with Crippen LogP contribution < -0.4 is 10.2 Å². The number of amides is 2. The number of carbonyl (C=O) groups excluding carboxylic acids is 2. The predicted octanol–water partition coefficient (Wildman–Crippen LogP) is 3.75. The van der Waals surface area contributed by atoms with E-state index in [4.69, 9.17) is 16.3 Å². The summed E-state index contributed by atoms with van der Waals surface area (Å²) in [5.41, 5.74) is 1.79. The van der Waals surface area contributed by atoms with Gasteiger partial charge in [0.1, 0.15) is 5.60 Å². The number of anilines is 2. The second-order valence-corrected chi connectivity index (χ2v) is 9.27. The molecule has 1 aromatic carbocycles. The summed E-state index contributed by atoms with van der Waals surface area (Å²) in [5.74, 6) is 0.439. The summed E-state index contributed by atoms with van der Waals surface area (Å²) in [7, 11) is 0. The van der Waals surface area contributed by atoms with Crippen LogP contribution in [0.4, 0.5) is 16.4 Å². The molecular weight excluding hydrogens is 418 g/mol. The Morgan fingerprint density at radius 1 is 1.19 bits per heavy atom. The van der Waals surface area contributed by atoms with Crippen LogP contribution in [0.3, 0.4) is 0 Å². The van der Waals surface area contributed by atoms with Crippen LogP contribution in [0.1, 0.15) is 43.1 Å². The van der Waals surface area contributed by atoms with E-state index in [2.05, 4.69) is 15.3 Å². The zero-order chi connectivity index (χ0) is 22.2. The first-order valence-electron chi connectivity index (χ1n) is 10.4. The molecule has 0 unspecified atom stereocenters. The van der Waals surface area contributed by atoms with Crippen LogP contribution in [0.25, 0.3) is 0 Å². The van der Waals surface area contributed by atoms with Crippen molar-refractivity contribution < 1.29 is 14.3 Å². The number of likely N-dealkylation sites (tertiary alicyclic amines) is 1. The van der Waals surface area contributed by atoms with Gasteiger partial charge in [0.25, 0.3) is 5.91 Å². The fourth-order valence-electron chi connectivity index (χ4n) is 3.83. The fourth-order valence-corrected chi connectivity index (χ4v) is 3.93. The van der Waals surface area contributed by atoms with Crippen molar-refractivity contribution in [2.75, 3.05) is 29.9 Å². The number of nitrogens with zero attached hydrogens (tertiary/aromatic N) is 4. The van der Waals surface area contributed by atoms with Crippen LogP contribution in [-0.4, -0.2) is 58.1 Å². The second kappa shape index (κ2) is 8.34. The van der Waals surface area contributed by atoms with Crippen molar-refractivity contribution in [3.63, 3.8) is 0 Å². The monoisotopic (exact) mass is 443 g/mol. The maximum Gasteiger partial charge on any atom is 0.414 e. The molecule has 2 aliphatic heterocycles. The van der Waals surface area contributed by atoms with Crippen molar-refractivity contribution >= 4 is 35.2 Å². The average Bonchev–Trinajstić information content (AvgIpc) is 3.34. The van der Waals surface area contributed by atoms with Gasteiger partial charge in [-0.3, -0.25) is 9.69 Å². The van der Waals surface area contributed by atoms with Gasteiger partial charge >= 0.3 is 6.09 Å². The molecule has 9 heteroatoms. The largest absolute Gasteiger partial charge is 0.443 e. The van der Waals surface area contributed by atoms with Gasteiger partial charge in [0, 0.05) is 31.2 Å². The quantitative estimate of drug-likeness (QED) is 0.777. The summed E-state index contributed by atoms with van der Waals surface area (Å²) in [4.78, 5) is 37.4. The minimum absolute atomic E-state index is 0.0554. The number of hydrogen-bond acceptors (Lipinski definition) is 6. The zero-order valence-electron chi connectivity index (χ0n) is 17.9. The third-order valence-electron chi connectivity index (χ3n) is 5.27. The number of aromatic nitrogens is 2. The maximum absolute atomic E-state index is 13.1. The lowest BCUT2D eigenvalue weighted by Gasteiger charge is -2.25. The predicted molar refractivity (Wildman–Crippen MR) is 119 cm³/mol. The molecule has 2 aromatic rings. The number of benzene rings is 1. The Hall–Kier alpha value is -2.87. The van der Waals surface area contributed by atoms with Crippen LogP contribution >= 0.6 is 11.6 Å². The van der Waals surface area contributed by atoms with Crippen LogP contribution in [0.5, 0.6) is 0 Å². The normalized spacial score (nSPS) is 18.1. The van der Waals surface area contributed by atoms with E-state index in [1.165, 1.54) is 12.4 Å². The molecule has 3 heterocycles. The lowest BCUT2D eigenvalue weighted by Crippen LogP contribution is -2.36. The Balaban J connectivity index is 1.43. The van der Waals surface area contributed by atoms with Gasteiger partial charge in [0.05, 0.1) is 23.1 Å². The van der Waals surface area contributed by atoms with Gasteiger partial charge < -0.3 is 15.0 Å². The van der Waals surface area contributed by atoms with E-state index in [9.17, 15) is 9.59 Å². The van der Waals surface area contributed by atoms with Crippen LogP contribution in [0.15, 0.2) is 30.6 Å². The molecule has 1 fully saturated rings. The molecule has 164 valence electrons. The highest BCUT2D eigenvalue weighted by Gasteiger charge is 2.31. The topological polar surface area (TPSA) is 87.7 Å². The van der Waals surface area contributed by atoms with E-state index in [1.807, 2.05) is 37.8 Å². The SMILES string of the molecule is CC(C)(C)OC(=O)N1CCc2ccc(C(=O)N3CC[C@@H](Nc4ncc(Cl)cn4)C3)cc21. The molecule has 1 saturated heterocycles. The van der Waals surface area contributed by atoms with Gasteiger partial charge in [-0.05, 0) is 51.3 Å². The second-order valence-electron chi connectivity index (χ2n) is 8.83. The van der Waals surface area contributed by atoms with E-state index in [0.717, 1.165) is 24.1 Å². The number of fused-ring (bicyclic) bond motifs is 1. The lowest BCUT2D eigenvalue weighted by molar-refractivity contribution is 0.0583. The van der Waals surface area contributed by atoms with Crippen molar-refractivity contribution in [1.82, 2.24) is 14.9 Å². The molecule has 0 spiro atoms. The van der Waals surface area contributed by atoms with Crippen LogP contribution in [0, 0.1) is 0 Å². The van der Waals surface area contributed by atoms with Gasteiger partial charge in [-0.2, -0.15) is 0 Å². The summed E-state index contributed by atoms with van der Waals surface area (Å²) in [6.45, 7) is 7.27. The molecular formula is C22H26ClN5O3. The Morgan fingerprint density at radius 3 is 2.65 bits per heavy atom. The Kier molecular flexibility index (Phi) is 5.75. The molecule has 8 nitrogen and oxygen atoms in total. The summed E-state index contributed by atoms with van der Waals surface area (Å²) >= 11 is 5.82. The highest BCUT2D eigenvalue weighted by molar-refractivity contribution is 6.30. The fraction of sp³-hybridized carbons (Fsp3) is 0.455. The number of rotatable bonds is 3. The zero-order valence-corrected chi connectivity index (χ0v) is 18.6. The van der Waals surface area contributed by atoms with Gasteiger partial charge in [-0.1, -0.05) is 17.7 Å². The van der Waals surface area contributed by atoms with E-state index < -0.39 is 5.60 Å². The summed E-state index contributed by atoms with van der Waals surface area (Å²) in [6, 6.07) is 5.64. The molecule has 2 aliphatic rings. The van der Waals surface area contributed by atoms with Gasteiger partial charge in [-0.25, -0.2) is 14.8 Å². The molecule has 31 heavy (non-hydrogen) atoms. The minimum atomic E-state index is -0.571. The molecule has 0 bridgehead atoms. The molecule has 1 atom stereocenters. The highest BCUT2D eigenvalue weighted by atomic mass is 35.5. The first kappa shape index (κ1) is 21.4. The molecule has 1 N–H and O–H groups in total. The van der Waals surface area contributed by atoms with Crippen LogP contribution in [-0.2, 0) is 11.2 Å². The third-order valence-corrected chi connectivity index (χ3v) is 5.47. The van der Waals surface area contributed by atoms with E-state index >= 15 is 0 Å². The number of halogens is 1. The first-order chi connectivity index (χ1) is 14.7. The van der Waals surface area contributed by atoms with Crippen molar-refractivity contribution in [3.8, 4) is 0 Å². The standard InChI is InChI=1S/C22H26ClN5O3/c1-22(2,3)31-21(30)28-9-6-14-4-5-15(10-18(14)28)19(29)27-8-7-17(13-27)26-20-24-11-16(23)12-25-20/h4-5,10-12,17H,6-9,13H2,1-3H3,(H,24,25,26)/t17-/m1/s1. The van der Waals surface area contributed by atoms with Crippen LogP contribution in [0.2, 0.25) is 5.02 Å². The van der Waals surface area contributed by atoms with Gasteiger partial charge in [0.15, 0.2) is 0 Å². The number of ether oxygens (including phenoxy) is 1. The molecule has 0 saturated carbocycles. The van der Waals surface area contributed by atoms with Gasteiger partial charge in [0.2, 0.25) is 5.95 Å². The summed E-state index contributed by atoms with van der Waals surface area (Å²) in [6.07, 6.45) is 4.24. The van der Waals surface area contributed by atoms with E-state index in [-0.39, 0.29) is 18.0 Å². The Morgan fingerprint density at radius 2 is 1.94 bits per heavy atom. The average molecular weight is 444 g/mol. The first-order valence-corrected chi connectivity index (χ1v) is 10.7. The number of nitrogens with one attached hydrogen (secondary N) is 1. The molecule has 2 amide bonds. The maximum atomic E-state index is 13.1. The molecule has 1 aromatic heterocycles. The van der Waals surface area contributed by atoms with Gasteiger partial charge in [-0.15, -0.1) is 0 Å². The van der Waals surface area contributed by atoms with Crippen molar-refractivity contribution in [2.24, 2.45) is 0 Å². The Labute approximate surface area is 186 Å². The minimum Gasteiger partial charge on any atom is -0.443 e. The van der Waals surface area contributed by atoms with E-state index in [0.29, 0.717) is 36.2 Å². The molecule has 4 rings (SSSR count).